The highest BCUT2D eigenvalue weighted by molar-refractivity contribution is 5.80. The molecule has 1 aliphatic rings. The lowest BCUT2D eigenvalue weighted by Gasteiger charge is -2.35. The fraction of sp³-hybridized carbons (Fsp3) is 0.929. The molecule has 0 amide bonds. The van der Waals surface area contributed by atoms with Gasteiger partial charge in [0.05, 0.1) is 7.11 Å². The minimum atomic E-state index is -0.561. The maximum atomic E-state index is 12.0. The first kappa shape index (κ1) is 16.4. The molecule has 0 radical (unpaired) electrons. The zero-order valence-corrected chi connectivity index (χ0v) is 12.9. The summed E-state index contributed by atoms with van der Waals surface area (Å²) in [7, 11) is 3.61. The van der Waals surface area contributed by atoms with Gasteiger partial charge in [-0.25, -0.2) is 0 Å². The van der Waals surface area contributed by atoms with E-state index in [-0.39, 0.29) is 5.97 Å². The smallest absolute Gasteiger partial charge is 0.325 e. The molecule has 0 aromatic heterocycles. The molecule has 1 atom stereocenters. The molecular weight excluding hydrogens is 242 g/mol. The molecule has 1 heterocycles. The first-order chi connectivity index (χ1) is 9.01. The first-order valence-corrected chi connectivity index (χ1v) is 7.26. The molecule has 5 heteroatoms. The van der Waals surface area contributed by atoms with E-state index in [1.165, 1.54) is 7.11 Å². The second kappa shape index (κ2) is 7.82. The van der Waals surface area contributed by atoms with Gasteiger partial charge < -0.3 is 19.9 Å². The molecule has 0 saturated carbocycles. The van der Waals surface area contributed by atoms with Crippen molar-refractivity contribution in [3.05, 3.63) is 0 Å². The third-order valence-electron chi connectivity index (χ3n) is 3.93. The van der Waals surface area contributed by atoms with Crippen LogP contribution in [0.15, 0.2) is 0 Å². The quantitative estimate of drug-likeness (QED) is 0.685. The molecule has 0 spiro atoms. The highest BCUT2D eigenvalue weighted by Crippen LogP contribution is 2.14. The molecule has 0 aliphatic carbocycles. The lowest BCUT2D eigenvalue weighted by molar-refractivity contribution is -0.148. The standard InChI is InChI=1S/C14H29N3O2/c1-5-7-15-14(2,13(18)19-4)6-8-17-11-9-16(3)10-12-17/h15H,5-12H2,1-4H3. The Bertz CT molecular complexity index is 278. The van der Waals surface area contributed by atoms with E-state index in [1.807, 2.05) is 6.92 Å². The first-order valence-electron chi connectivity index (χ1n) is 7.26. The van der Waals surface area contributed by atoms with Crippen LogP contribution in [0, 0.1) is 0 Å². The Hall–Kier alpha value is -0.650. The van der Waals surface area contributed by atoms with Gasteiger partial charge >= 0.3 is 5.97 Å². The summed E-state index contributed by atoms with van der Waals surface area (Å²) in [4.78, 5) is 16.7. The molecule has 1 rings (SSSR count). The number of rotatable bonds is 7. The number of piperazine rings is 1. The summed E-state index contributed by atoms with van der Waals surface area (Å²) in [5, 5.41) is 3.33. The third-order valence-corrected chi connectivity index (χ3v) is 3.93. The summed E-state index contributed by atoms with van der Waals surface area (Å²) < 4.78 is 4.94. The minimum absolute atomic E-state index is 0.157. The normalized spacial score (nSPS) is 21.1. The number of nitrogens with one attached hydrogen (secondary N) is 1. The van der Waals surface area contributed by atoms with Gasteiger partial charge in [0.15, 0.2) is 0 Å². The van der Waals surface area contributed by atoms with Crippen LogP contribution in [0.2, 0.25) is 0 Å². The topological polar surface area (TPSA) is 44.8 Å². The van der Waals surface area contributed by atoms with E-state index in [1.54, 1.807) is 0 Å². The maximum absolute atomic E-state index is 12.0. The van der Waals surface area contributed by atoms with Gasteiger partial charge in [-0.05, 0) is 33.4 Å². The van der Waals surface area contributed by atoms with Crippen LogP contribution >= 0.6 is 0 Å². The minimum Gasteiger partial charge on any atom is -0.468 e. The van der Waals surface area contributed by atoms with E-state index in [0.29, 0.717) is 0 Å². The van der Waals surface area contributed by atoms with Crippen LogP contribution in [0.25, 0.3) is 0 Å². The average molecular weight is 271 g/mol. The number of carbonyl (C=O) groups is 1. The Morgan fingerprint density at radius 3 is 2.47 bits per heavy atom. The molecule has 1 fully saturated rings. The lowest BCUT2D eigenvalue weighted by atomic mass is 9.97. The van der Waals surface area contributed by atoms with Crippen molar-refractivity contribution < 1.29 is 9.53 Å². The lowest BCUT2D eigenvalue weighted by Crippen LogP contribution is -2.53. The van der Waals surface area contributed by atoms with Crippen LogP contribution in [0.3, 0.4) is 0 Å². The summed E-state index contributed by atoms with van der Waals surface area (Å²) >= 11 is 0. The van der Waals surface area contributed by atoms with Crippen LogP contribution in [-0.4, -0.2) is 74.7 Å². The predicted molar refractivity (Wildman–Crippen MR) is 77.3 cm³/mol. The third kappa shape index (κ3) is 5.09. The Morgan fingerprint density at radius 1 is 1.32 bits per heavy atom. The van der Waals surface area contributed by atoms with Crippen LogP contribution in [0.4, 0.5) is 0 Å². The molecule has 1 unspecified atom stereocenters. The van der Waals surface area contributed by atoms with E-state index in [0.717, 1.165) is 52.1 Å². The molecular formula is C14H29N3O2. The largest absolute Gasteiger partial charge is 0.468 e. The van der Waals surface area contributed by atoms with Crippen molar-refractivity contribution in [2.45, 2.75) is 32.2 Å². The highest BCUT2D eigenvalue weighted by atomic mass is 16.5. The van der Waals surface area contributed by atoms with Gasteiger partial charge in [-0.2, -0.15) is 0 Å². The zero-order valence-electron chi connectivity index (χ0n) is 12.9. The number of esters is 1. The zero-order chi connectivity index (χ0) is 14.3. The van der Waals surface area contributed by atoms with Gasteiger partial charge in [0.1, 0.15) is 5.54 Å². The van der Waals surface area contributed by atoms with E-state index < -0.39 is 5.54 Å². The number of nitrogens with zero attached hydrogens (tertiary/aromatic N) is 2. The van der Waals surface area contributed by atoms with E-state index >= 15 is 0 Å². The Kier molecular flexibility index (Phi) is 6.75. The van der Waals surface area contributed by atoms with Gasteiger partial charge in [-0.1, -0.05) is 6.92 Å². The van der Waals surface area contributed by atoms with E-state index in [2.05, 4.69) is 29.1 Å². The summed E-state index contributed by atoms with van der Waals surface area (Å²) in [6, 6.07) is 0. The van der Waals surface area contributed by atoms with Crippen molar-refractivity contribution in [1.82, 2.24) is 15.1 Å². The Balaban J connectivity index is 2.46. The van der Waals surface area contributed by atoms with Crippen molar-refractivity contribution in [1.29, 1.82) is 0 Å². The van der Waals surface area contributed by atoms with Crippen LogP contribution in [-0.2, 0) is 9.53 Å². The fourth-order valence-electron chi connectivity index (χ4n) is 2.34. The van der Waals surface area contributed by atoms with Crippen molar-refractivity contribution in [2.75, 3.05) is 53.4 Å². The Labute approximate surface area is 117 Å². The molecule has 1 saturated heterocycles. The summed E-state index contributed by atoms with van der Waals surface area (Å²) in [5.41, 5.74) is -0.561. The van der Waals surface area contributed by atoms with Crippen molar-refractivity contribution >= 4 is 5.97 Å². The second-order valence-electron chi connectivity index (χ2n) is 5.65. The average Bonchev–Trinajstić information content (AvgIpc) is 2.43. The molecule has 19 heavy (non-hydrogen) atoms. The van der Waals surface area contributed by atoms with Gasteiger partial charge in [-0.3, -0.25) is 4.79 Å². The van der Waals surface area contributed by atoms with Gasteiger partial charge in [0.2, 0.25) is 0 Å². The number of carbonyl (C=O) groups excluding carboxylic acids is 1. The predicted octanol–water partition coefficient (Wildman–Crippen LogP) is 0.555. The number of ether oxygens (including phenoxy) is 1. The van der Waals surface area contributed by atoms with Crippen molar-refractivity contribution in [3.8, 4) is 0 Å². The molecule has 0 bridgehead atoms. The van der Waals surface area contributed by atoms with Crippen molar-refractivity contribution in [2.24, 2.45) is 0 Å². The summed E-state index contributed by atoms with van der Waals surface area (Å²) in [5.74, 6) is -0.157. The monoisotopic (exact) mass is 271 g/mol. The molecule has 0 aromatic rings. The van der Waals surface area contributed by atoms with E-state index in [9.17, 15) is 4.79 Å². The second-order valence-corrected chi connectivity index (χ2v) is 5.65. The van der Waals surface area contributed by atoms with Crippen molar-refractivity contribution in [3.63, 3.8) is 0 Å². The highest BCUT2D eigenvalue weighted by Gasteiger charge is 2.33. The van der Waals surface area contributed by atoms with Gasteiger partial charge in [-0.15, -0.1) is 0 Å². The van der Waals surface area contributed by atoms with Gasteiger partial charge in [0, 0.05) is 32.7 Å². The molecule has 0 aromatic carbocycles. The number of hydrogen-bond donors (Lipinski definition) is 1. The van der Waals surface area contributed by atoms with E-state index in [4.69, 9.17) is 4.74 Å². The maximum Gasteiger partial charge on any atom is 0.325 e. The SMILES string of the molecule is CCCNC(C)(CCN1CCN(C)CC1)C(=O)OC. The molecule has 1 N–H and O–H groups in total. The Morgan fingerprint density at radius 2 is 1.95 bits per heavy atom. The summed E-state index contributed by atoms with van der Waals surface area (Å²) in [6.07, 6.45) is 1.81. The van der Waals surface area contributed by atoms with Gasteiger partial charge in [0.25, 0.3) is 0 Å². The van der Waals surface area contributed by atoms with Crippen LogP contribution in [0.5, 0.6) is 0 Å². The molecule has 1 aliphatic heterocycles. The summed E-state index contributed by atoms with van der Waals surface area (Å²) in [6.45, 7) is 10.2. The number of methoxy groups -OCH3 is 1. The molecule has 112 valence electrons. The van der Waals surface area contributed by atoms with Crippen LogP contribution in [0.1, 0.15) is 26.7 Å². The molecule has 5 nitrogen and oxygen atoms in total. The fourth-order valence-corrected chi connectivity index (χ4v) is 2.34. The van der Waals surface area contributed by atoms with Crippen LogP contribution < -0.4 is 5.32 Å². The number of likely N-dealkylation sites (N-methyl/N-ethyl adjacent to an activating group) is 1. The number of hydrogen-bond acceptors (Lipinski definition) is 5.